The molecule has 0 atom stereocenters. The maximum Gasteiger partial charge on any atom is 0.131 e. The smallest absolute Gasteiger partial charge is 0.131 e. The number of hydrogen-bond donors (Lipinski definition) is 1. The number of rotatable bonds is 2. The van der Waals surface area contributed by atoms with E-state index in [9.17, 15) is 5.11 Å². The summed E-state index contributed by atoms with van der Waals surface area (Å²) in [7, 11) is 0. The lowest BCUT2D eigenvalue weighted by molar-refractivity contribution is 0.455. The third kappa shape index (κ3) is 4.37. The van der Waals surface area contributed by atoms with Gasteiger partial charge in [-0.05, 0) is 36.4 Å². The summed E-state index contributed by atoms with van der Waals surface area (Å²) < 4.78 is 5.50. The predicted molar refractivity (Wildman–Crippen MR) is 71.0 cm³/mol. The highest BCUT2D eigenvalue weighted by Gasteiger charge is 1.97. The van der Waals surface area contributed by atoms with Crippen molar-refractivity contribution >= 4 is 11.6 Å². The lowest BCUT2D eigenvalue weighted by atomic mass is 10.3. The van der Waals surface area contributed by atoms with Gasteiger partial charge in [-0.15, -0.1) is 0 Å². The molecule has 17 heavy (non-hydrogen) atoms. The standard InChI is InChI=1S/C12H9ClO2.C2H6/c13-9-4-6-11(7-5-9)15-12-3-1-2-10(14)8-12;1-2/h1-8,14H;1-2H3. The fourth-order valence-electron chi connectivity index (χ4n) is 1.19. The first-order valence-corrected chi connectivity index (χ1v) is 5.84. The van der Waals surface area contributed by atoms with E-state index in [0.717, 1.165) is 0 Å². The molecule has 0 radical (unpaired) electrons. The van der Waals surface area contributed by atoms with Crippen LogP contribution in [0.1, 0.15) is 13.8 Å². The van der Waals surface area contributed by atoms with Crippen LogP contribution in [0.15, 0.2) is 48.5 Å². The molecule has 0 aliphatic heterocycles. The number of ether oxygens (including phenoxy) is 1. The minimum Gasteiger partial charge on any atom is -0.508 e. The first-order chi connectivity index (χ1) is 8.24. The molecule has 0 aromatic heterocycles. The van der Waals surface area contributed by atoms with Gasteiger partial charge in [0.05, 0.1) is 0 Å². The van der Waals surface area contributed by atoms with Crippen molar-refractivity contribution in [2.24, 2.45) is 0 Å². The Morgan fingerprint density at radius 2 is 1.59 bits per heavy atom. The predicted octanol–water partition coefficient (Wildman–Crippen LogP) is 4.86. The molecule has 2 aromatic rings. The van der Waals surface area contributed by atoms with Crippen LogP contribution in [-0.2, 0) is 0 Å². The summed E-state index contributed by atoms with van der Waals surface area (Å²) in [4.78, 5) is 0. The summed E-state index contributed by atoms with van der Waals surface area (Å²) in [5, 5.41) is 9.90. The van der Waals surface area contributed by atoms with Crippen LogP contribution in [0.2, 0.25) is 5.02 Å². The van der Waals surface area contributed by atoms with Gasteiger partial charge in [0.15, 0.2) is 0 Å². The van der Waals surface area contributed by atoms with E-state index in [1.165, 1.54) is 0 Å². The maximum atomic E-state index is 9.23. The minimum atomic E-state index is 0.182. The molecule has 90 valence electrons. The second-order valence-corrected chi connectivity index (χ2v) is 3.49. The average molecular weight is 251 g/mol. The Morgan fingerprint density at radius 3 is 2.18 bits per heavy atom. The number of phenolic OH excluding ortho intramolecular Hbond substituents is 1. The molecule has 2 aromatic carbocycles. The van der Waals surface area contributed by atoms with Crippen LogP contribution in [-0.4, -0.2) is 5.11 Å². The molecule has 0 saturated carbocycles. The molecule has 2 nitrogen and oxygen atoms in total. The largest absolute Gasteiger partial charge is 0.508 e. The summed E-state index contributed by atoms with van der Waals surface area (Å²) in [5.41, 5.74) is 0. The Hall–Kier alpha value is -1.67. The minimum absolute atomic E-state index is 0.182. The van der Waals surface area contributed by atoms with Gasteiger partial charge in [0.1, 0.15) is 17.2 Å². The molecule has 0 heterocycles. The highest BCUT2D eigenvalue weighted by atomic mass is 35.5. The van der Waals surface area contributed by atoms with Gasteiger partial charge in [0.2, 0.25) is 0 Å². The van der Waals surface area contributed by atoms with Gasteiger partial charge in [-0.2, -0.15) is 0 Å². The van der Waals surface area contributed by atoms with Crippen LogP contribution in [0.3, 0.4) is 0 Å². The quantitative estimate of drug-likeness (QED) is 0.824. The molecular formula is C14H15ClO2. The van der Waals surface area contributed by atoms with Crippen molar-refractivity contribution in [3.63, 3.8) is 0 Å². The molecule has 2 rings (SSSR count). The molecule has 1 N–H and O–H groups in total. The topological polar surface area (TPSA) is 29.5 Å². The number of benzene rings is 2. The SMILES string of the molecule is CC.Oc1cccc(Oc2ccc(Cl)cc2)c1. The Labute approximate surface area is 106 Å². The summed E-state index contributed by atoms with van der Waals surface area (Å²) in [6.07, 6.45) is 0. The Morgan fingerprint density at radius 1 is 0.941 bits per heavy atom. The van der Waals surface area contributed by atoms with Gasteiger partial charge in [-0.1, -0.05) is 31.5 Å². The van der Waals surface area contributed by atoms with Crippen molar-refractivity contribution in [3.05, 3.63) is 53.6 Å². The van der Waals surface area contributed by atoms with Gasteiger partial charge in [-0.3, -0.25) is 0 Å². The molecular weight excluding hydrogens is 236 g/mol. The second-order valence-electron chi connectivity index (χ2n) is 3.05. The fraction of sp³-hybridized carbons (Fsp3) is 0.143. The Balaban J connectivity index is 0.000000686. The zero-order valence-electron chi connectivity index (χ0n) is 9.85. The lowest BCUT2D eigenvalue weighted by Crippen LogP contribution is -1.82. The molecule has 0 aliphatic carbocycles. The highest BCUT2D eigenvalue weighted by Crippen LogP contribution is 2.25. The molecule has 0 saturated heterocycles. The third-order valence-electron chi connectivity index (χ3n) is 1.87. The zero-order chi connectivity index (χ0) is 12.7. The van der Waals surface area contributed by atoms with Crippen LogP contribution in [0.25, 0.3) is 0 Å². The molecule has 0 spiro atoms. The molecule has 0 unspecified atom stereocenters. The first kappa shape index (κ1) is 13.4. The Kier molecular flexibility index (Phi) is 5.37. The van der Waals surface area contributed by atoms with Crippen LogP contribution in [0.5, 0.6) is 17.2 Å². The summed E-state index contributed by atoms with van der Waals surface area (Å²) >= 11 is 5.74. The van der Waals surface area contributed by atoms with Crippen LogP contribution in [0.4, 0.5) is 0 Å². The molecule has 0 amide bonds. The van der Waals surface area contributed by atoms with E-state index in [1.54, 1.807) is 48.5 Å². The van der Waals surface area contributed by atoms with E-state index in [4.69, 9.17) is 16.3 Å². The van der Waals surface area contributed by atoms with E-state index in [1.807, 2.05) is 13.8 Å². The van der Waals surface area contributed by atoms with E-state index in [2.05, 4.69) is 0 Å². The van der Waals surface area contributed by atoms with Crippen molar-refractivity contribution in [1.29, 1.82) is 0 Å². The van der Waals surface area contributed by atoms with Gasteiger partial charge in [0, 0.05) is 11.1 Å². The normalized spacial score (nSPS) is 9.12. The first-order valence-electron chi connectivity index (χ1n) is 5.46. The van der Waals surface area contributed by atoms with Gasteiger partial charge >= 0.3 is 0 Å². The second kappa shape index (κ2) is 6.81. The molecule has 0 bridgehead atoms. The summed E-state index contributed by atoms with van der Waals surface area (Å²) in [6, 6.07) is 13.7. The zero-order valence-corrected chi connectivity index (χ0v) is 10.6. The van der Waals surface area contributed by atoms with E-state index in [-0.39, 0.29) is 5.75 Å². The van der Waals surface area contributed by atoms with Crippen molar-refractivity contribution in [2.45, 2.75) is 13.8 Å². The van der Waals surface area contributed by atoms with Gasteiger partial charge in [0.25, 0.3) is 0 Å². The van der Waals surface area contributed by atoms with E-state index >= 15 is 0 Å². The van der Waals surface area contributed by atoms with E-state index < -0.39 is 0 Å². The number of aromatic hydroxyl groups is 1. The van der Waals surface area contributed by atoms with Crippen molar-refractivity contribution < 1.29 is 9.84 Å². The van der Waals surface area contributed by atoms with Crippen molar-refractivity contribution in [2.75, 3.05) is 0 Å². The summed E-state index contributed by atoms with van der Waals surface area (Å²) in [6.45, 7) is 4.00. The highest BCUT2D eigenvalue weighted by molar-refractivity contribution is 6.30. The third-order valence-corrected chi connectivity index (χ3v) is 2.12. The average Bonchev–Trinajstić information content (AvgIpc) is 2.35. The Bertz CT molecular complexity index is 452. The van der Waals surface area contributed by atoms with Crippen LogP contribution in [0, 0.1) is 0 Å². The lowest BCUT2D eigenvalue weighted by Gasteiger charge is -2.05. The molecule has 0 fully saturated rings. The van der Waals surface area contributed by atoms with Crippen LogP contribution >= 0.6 is 11.6 Å². The van der Waals surface area contributed by atoms with E-state index in [0.29, 0.717) is 16.5 Å². The van der Waals surface area contributed by atoms with Crippen LogP contribution < -0.4 is 4.74 Å². The molecule has 3 heteroatoms. The number of halogens is 1. The number of hydrogen-bond acceptors (Lipinski definition) is 2. The fourth-order valence-corrected chi connectivity index (χ4v) is 1.31. The summed E-state index contributed by atoms with van der Waals surface area (Å²) in [5.74, 6) is 1.46. The van der Waals surface area contributed by atoms with Crippen molar-refractivity contribution in [1.82, 2.24) is 0 Å². The van der Waals surface area contributed by atoms with Gasteiger partial charge in [-0.25, -0.2) is 0 Å². The van der Waals surface area contributed by atoms with Gasteiger partial charge < -0.3 is 9.84 Å². The number of phenols is 1. The molecule has 0 aliphatic rings. The van der Waals surface area contributed by atoms with Crippen molar-refractivity contribution in [3.8, 4) is 17.2 Å². The maximum absolute atomic E-state index is 9.23. The monoisotopic (exact) mass is 250 g/mol.